The molecule has 0 unspecified atom stereocenters. The molecular formula is C12H15NO4. The van der Waals surface area contributed by atoms with Gasteiger partial charge < -0.3 is 19.9 Å². The van der Waals surface area contributed by atoms with E-state index in [1.54, 1.807) is 14.2 Å². The van der Waals surface area contributed by atoms with E-state index in [4.69, 9.17) is 14.6 Å². The maximum absolute atomic E-state index is 10.9. The van der Waals surface area contributed by atoms with E-state index in [-0.39, 0.29) is 5.92 Å². The Kier molecular flexibility index (Phi) is 3.08. The minimum absolute atomic E-state index is 0.388. The Labute approximate surface area is 99.3 Å². The van der Waals surface area contributed by atoms with Crippen molar-refractivity contribution < 1.29 is 19.4 Å². The number of carboxylic acids is 1. The summed E-state index contributed by atoms with van der Waals surface area (Å²) in [4.78, 5) is 10.9. The quantitative estimate of drug-likeness (QED) is 0.831. The average molecular weight is 237 g/mol. The van der Waals surface area contributed by atoms with Gasteiger partial charge in [0.1, 0.15) is 0 Å². The summed E-state index contributed by atoms with van der Waals surface area (Å²) in [5.41, 5.74) is 1.86. The first kappa shape index (κ1) is 11.6. The number of anilines is 1. The number of rotatable bonds is 3. The van der Waals surface area contributed by atoms with Gasteiger partial charge in [0.15, 0.2) is 11.5 Å². The summed E-state index contributed by atoms with van der Waals surface area (Å²) < 4.78 is 10.4. The third-order valence-corrected chi connectivity index (χ3v) is 2.96. The van der Waals surface area contributed by atoms with Gasteiger partial charge in [-0.05, 0) is 18.1 Å². The Morgan fingerprint density at radius 1 is 1.35 bits per heavy atom. The Bertz CT molecular complexity index is 444. The van der Waals surface area contributed by atoms with Gasteiger partial charge in [0, 0.05) is 18.3 Å². The largest absolute Gasteiger partial charge is 0.493 e. The van der Waals surface area contributed by atoms with Crippen molar-refractivity contribution in [3.8, 4) is 11.5 Å². The van der Waals surface area contributed by atoms with Crippen molar-refractivity contribution in [1.82, 2.24) is 0 Å². The SMILES string of the molecule is COc1cc2c(cc1OC)NC[C@H](C(=O)O)C2. The summed E-state index contributed by atoms with van der Waals surface area (Å²) in [5, 5.41) is 12.1. The second-order valence-corrected chi connectivity index (χ2v) is 3.98. The van der Waals surface area contributed by atoms with Gasteiger partial charge in [0.2, 0.25) is 0 Å². The number of nitrogens with one attached hydrogen (secondary N) is 1. The van der Waals surface area contributed by atoms with Crippen LogP contribution >= 0.6 is 0 Å². The molecule has 0 amide bonds. The number of fused-ring (bicyclic) bond motifs is 1. The zero-order valence-electron chi connectivity index (χ0n) is 9.82. The average Bonchev–Trinajstić information content (AvgIpc) is 2.36. The molecule has 0 saturated carbocycles. The molecule has 1 aromatic carbocycles. The number of benzene rings is 1. The molecule has 0 spiro atoms. The van der Waals surface area contributed by atoms with Crippen molar-refractivity contribution in [2.45, 2.75) is 6.42 Å². The molecule has 0 bridgehead atoms. The fourth-order valence-corrected chi connectivity index (χ4v) is 2.00. The van der Waals surface area contributed by atoms with Crippen LogP contribution in [0, 0.1) is 5.92 Å². The maximum Gasteiger partial charge on any atom is 0.308 e. The van der Waals surface area contributed by atoms with Crippen LogP contribution in [-0.4, -0.2) is 31.8 Å². The molecule has 0 aliphatic carbocycles. The van der Waals surface area contributed by atoms with Gasteiger partial charge in [-0.2, -0.15) is 0 Å². The molecule has 0 saturated heterocycles. The predicted molar refractivity (Wildman–Crippen MR) is 62.9 cm³/mol. The number of ether oxygens (including phenoxy) is 2. The number of hydrogen-bond acceptors (Lipinski definition) is 4. The van der Waals surface area contributed by atoms with Gasteiger partial charge in [-0.3, -0.25) is 4.79 Å². The van der Waals surface area contributed by atoms with E-state index in [2.05, 4.69) is 5.32 Å². The van der Waals surface area contributed by atoms with E-state index in [9.17, 15) is 4.79 Å². The van der Waals surface area contributed by atoms with Crippen molar-refractivity contribution in [1.29, 1.82) is 0 Å². The molecule has 1 atom stereocenters. The lowest BCUT2D eigenvalue weighted by Gasteiger charge is -2.24. The van der Waals surface area contributed by atoms with Crippen molar-refractivity contribution in [2.75, 3.05) is 26.1 Å². The minimum atomic E-state index is -0.780. The van der Waals surface area contributed by atoms with E-state index in [1.807, 2.05) is 12.1 Å². The molecule has 5 heteroatoms. The Balaban J connectivity index is 2.35. The van der Waals surface area contributed by atoms with Crippen LogP contribution in [0.3, 0.4) is 0 Å². The molecule has 1 aliphatic heterocycles. The van der Waals surface area contributed by atoms with Crippen molar-refractivity contribution in [3.05, 3.63) is 17.7 Å². The molecule has 2 rings (SSSR count). The molecule has 0 fully saturated rings. The summed E-state index contributed by atoms with van der Waals surface area (Å²) in [6.45, 7) is 0.442. The van der Waals surface area contributed by atoms with Crippen LogP contribution in [0.15, 0.2) is 12.1 Å². The Morgan fingerprint density at radius 3 is 2.59 bits per heavy atom. The molecule has 1 aromatic rings. The molecule has 1 heterocycles. The standard InChI is InChI=1S/C12H15NO4/c1-16-10-4-7-3-8(12(14)15)6-13-9(7)5-11(10)17-2/h4-5,8,13H,3,6H2,1-2H3,(H,14,15)/t8-/m1/s1. The number of methoxy groups -OCH3 is 2. The summed E-state index contributed by atoms with van der Waals surface area (Å²) in [6, 6.07) is 3.67. The lowest BCUT2D eigenvalue weighted by molar-refractivity contribution is -0.141. The molecule has 92 valence electrons. The molecule has 0 aromatic heterocycles. The number of hydrogen-bond donors (Lipinski definition) is 2. The van der Waals surface area contributed by atoms with E-state index in [0.717, 1.165) is 11.3 Å². The van der Waals surface area contributed by atoms with Gasteiger partial charge in [-0.15, -0.1) is 0 Å². The second kappa shape index (κ2) is 4.53. The Hall–Kier alpha value is -1.91. The first-order chi connectivity index (χ1) is 8.15. The zero-order chi connectivity index (χ0) is 12.4. The van der Waals surface area contributed by atoms with Crippen molar-refractivity contribution >= 4 is 11.7 Å². The summed E-state index contributed by atoms with van der Waals surface area (Å²) in [6.07, 6.45) is 0.512. The highest BCUT2D eigenvalue weighted by atomic mass is 16.5. The van der Waals surface area contributed by atoms with Crippen LogP contribution < -0.4 is 14.8 Å². The Morgan fingerprint density at radius 2 is 2.00 bits per heavy atom. The summed E-state index contributed by atoms with van der Waals surface area (Å²) in [7, 11) is 3.14. The minimum Gasteiger partial charge on any atom is -0.493 e. The van der Waals surface area contributed by atoms with E-state index >= 15 is 0 Å². The first-order valence-corrected chi connectivity index (χ1v) is 5.37. The number of carboxylic acid groups (broad SMARTS) is 1. The highest BCUT2D eigenvalue weighted by molar-refractivity contribution is 5.74. The van der Waals surface area contributed by atoms with Crippen LogP contribution in [0.1, 0.15) is 5.56 Å². The van der Waals surface area contributed by atoms with Crippen LogP contribution in [0.5, 0.6) is 11.5 Å². The van der Waals surface area contributed by atoms with Crippen LogP contribution in [-0.2, 0) is 11.2 Å². The van der Waals surface area contributed by atoms with E-state index in [1.165, 1.54) is 0 Å². The van der Waals surface area contributed by atoms with Gasteiger partial charge in [0.25, 0.3) is 0 Å². The fraction of sp³-hybridized carbons (Fsp3) is 0.417. The van der Waals surface area contributed by atoms with E-state index < -0.39 is 5.97 Å². The number of carbonyl (C=O) groups is 1. The highest BCUT2D eigenvalue weighted by Crippen LogP contribution is 2.36. The van der Waals surface area contributed by atoms with Gasteiger partial charge in [-0.25, -0.2) is 0 Å². The third kappa shape index (κ3) is 2.13. The van der Waals surface area contributed by atoms with Gasteiger partial charge in [0.05, 0.1) is 20.1 Å². The molecule has 17 heavy (non-hydrogen) atoms. The molecular weight excluding hydrogens is 222 g/mol. The normalized spacial score (nSPS) is 17.9. The summed E-state index contributed by atoms with van der Waals surface area (Å²) in [5.74, 6) is 0.102. The second-order valence-electron chi connectivity index (χ2n) is 3.98. The predicted octanol–water partition coefficient (Wildman–Crippen LogP) is 1.37. The molecule has 1 aliphatic rings. The van der Waals surface area contributed by atoms with Gasteiger partial charge in [-0.1, -0.05) is 0 Å². The molecule has 5 nitrogen and oxygen atoms in total. The summed E-state index contributed by atoms with van der Waals surface area (Å²) >= 11 is 0. The van der Waals surface area contributed by atoms with Gasteiger partial charge >= 0.3 is 5.97 Å². The van der Waals surface area contributed by atoms with Crippen LogP contribution in [0.2, 0.25) is 0 Å². The van der Waals surface area contributed by atoms with Crippen molar-refractivity contribution in [3.63, 3.8) is 0 Å². The van der Waals surface area contributed by atoms with Crippen molar-refractivity contribution in [2.24, 2.45) is 5.92 Å². The monoisotopic (exact) mass is 237 g/mol. The van der Waals surface area contributed by atoms with E-state index in [0.29, 0.717) is 24.5 Å². The van der Waals surface area contributed by atoms with Crippen LogP contribution in [0.25, 0.3) is 0 Å². The first-order valence-electron chi connectivity index (χ1n) is 5.37. The maximum atomic E-state index is 10.9. The fourth-order valence-electron chi connectivity index (χ4n) is 2.00. The molecule has 2 N–H and O–H groups in total. The topological polar surface area (TPSA) is 67.8 Å². The highest BCUT2D eigenvalue weighted by Gasteiger charge is 2.25. The smallest absolute Gasteiger partial charge is 0.308 e. The number of aliphatic carboxylic acids is 1. The lowest BCUT2D eigenvalue weighted by Crippen LogP contribution is -2.29. The lowest BCUT2D eigenvalue weighted by atomic mass is 9.94. The molecule has 0 radical (unpaired) electrons. The van der Waals surface area contributed by atoms with Crippen LogP contribution in [0.4, 0.5) is 5.69 Å². The zero-order valence-corrected chi connectivity index (χ0v) is 9.82. The third-order valence-electron chi connectivity index (χ3n) is 2.96.